The van der Waals surface area contributed by atoms with Crippen molar-refractivity contribution in [3.63, 3.8) is 0 Å². The van der Waals surface area contributed by atoms with Crippen molar-refractivity contribution >= 4 is 21.7 Å². The first-order valence-electron chi connectivity index (χ1n) is 11.9. The van der Waals surface area contributed by atoms with Crippen LogP contribution in [0.15, 0.2) is 78.9 Å². The number of hydrogen-bond acceptors (Lipinski definition) is 7. The smallest absolute Gasteiger partial charge is 0.256 e. The molecule has 1 fully saturated rings. The zero-order chi connectivity index (χ0) is 27.3. The highest BCUT2D eigenvalue weighted by Gasteiger charge is 2.49. The van der Waals surface area contributed by atoms with Crippen LogP contribution < -0.4 is 10.2 Å². The van der Waals surface area contributed by atoms with Gasteiger partial charge in [-0.1, -0.05) is 42.5 Å². The van der Waals surface area contributed by atoms with Gasteiger partial charge in [-0.3, -0.25) is 14.8 Å². The number of aliphatic hydroxyl groups excluding tert-OH is 1. The van der Waals surface area contributed by atoms with E-state index in [4.69, 9.17) is 4.74 Å². The van der Waals surface area contributed by atoms with Crippen LogP contribution in [0.5, 0.6) is 11.5 Å². The first-order valence-corrected chi connectivity index (χ1v) is 13.5. The van der Waals surface area contributed by atoms with Crippen molar-refractivity contribution < 1.29 is 37.4 Å². The first kappa shape index (κ1) is 27.2. The lowest BCUT2D eigenvalue weighted by Gasteiger charge is -2.32. The second kappa shape index (κ2) is 11.3. The molecule has 0 aliphatic carbocycles. The van der Waals surface area contributed by atoms with E-state index in [1.165, 1.54) is 58.9 Å². The molecule has 3 N–H and O–H groups in total. The molecule has 11 heteroatoms. The lowest BCUT2D eigenvalue weighted by atomic mass is 9.90. The van der Waals surface area contributed by atoms with Crippen molar-refractivity contribution in [3.05, 3.63) is 95.8 Å². The Morgan fingerprint density at radius 1 is 0.974 bits per heavy atom. The van der Waals surface area contributed by atoms with Crippen molar-refractivity contribution in [2.45, 2.75) is 23.7 Å². The minimum Gasteiger partial charge on any atom is -0.457 e. The number of carbonyl (C=O) groups excluding carboxylic acids is 2. The molecule has 1 saturated heterocycles. The molecule has 1 unspecified atom stereocenters. The molecule has 0 bridgehead atoms. The highest BCUT2D eigenvalue weighted by Crippen LogP contribution is 2.41. The van der Waals surface area contributed by atoms with E-state index in [2.05, 4.69) is 0 Å². The van der Waals surface area contributed by atoms with Gasteiger partial charge in [0.2, 0.25) is 5.91 Å². The van der Waals surface area contributed by atoms with Crippen LogP contribution in [0.1, 0.15) is 30.1 Å². The van der Waals surface area contributed by atoms with E-state index in [0.717, 1.165) is 0 Å². The largest absolute Gasteiger partial charge is 0.457 e. The van der Waals surface area contributed by atoms with Crippen LogP contribution in [0.25, 0.3) is 0 Å². The summed E-state index contributed by atoms with van der Waals surface area (Å²) in [5, 5.41) is 19.8. The summed E-state index contributed by atoms with van der Waals surface area (Å²) in [6, 6.07) is 19.8. The lowest BCUT2D eigenvalue weighted by Crippen LogP contribution is -2.42. The molecule has 200 valence electrons. The number of amides is 2. The van der Waals surface area contributed by atoms with Gasteiger partial charge < -0.3 is 14.7 Å². The number of hydroxylamine groups is 1. The number of hydrogen-bond donors (Lipinski definition) is 3. The number of halogens is 1. The van der Waals surface area contributed by atoms with Crippen LogP contribution in [0.2, 0.25) is 0 Å². The molecule has 1 heterocycles. The van der Waals surface area contributed by atoms with Gasteiger partial charge in [-0.05, 0) is 53.9 Å². The molecular weight excluding hydrogens is 515 g/mol. The zero-order valence-corrected chi connectivity index (χ0v) is 21.1. The molecule has 0 saturated carbocycles. The van der Waals surface area contributed by atoms with Crippen molar-refractivity contribution in [3.8, 4) is 11.5 Å². The Labute approximate surface area is 219 Å². The van der Waals surface area contributed by atoms with Gasteiger partial charge in [0, 0.05) is 13.1 Å². The highest BCUT2D eigenvalue weighted by molar-refractivity contribution is 7.92. The van der Waals surface area contributed by atoms with Crippen molar-refractivity contribution in [1.29, 1.82) is 0 Å². The van der Waals surface area contributed by atoms with Crippen molar-refractivity contribution in [2.75, 3.05) is 18.8 Å². The van der Waals surface area contributed by atoms with Gasteiger partial charge in [0.1, 0.15) is 22.1 Å². The van der Waals surface area contributed by atoms with E-state index < -0.39 is 50.5 Å². The number of aliphatic hydroxyl groups is 1. The number of benzene rings is 3. The minimum absolute atomic E-state index is 0.0471. The van der Waals surface area contributed by atoms with E-state index in [0.29, 0.717) is 17.1 Å². The Bertz CT molecular complexity index is 1380. The molecule has 3 aromatic rings. The Morgan fingerprint density at radius 3 is 2.18 bits per heavy atom. The summed E-state index contributed by atoms with van der Waals surface area (Å²) in [5.41, 5.74) is 2.17. The molecule has 0 aromatic heterocycles. The normalized spacial score (nSPS) is 19.7. The van der Waals surface area contributed by atoms with Gasteiger partial charge in [-0.2, -0.15) is 0 Å². The second-order valence-electron chi connectivity index (χ2n) is 8.99. The van der Waals surface area contributed by atoms with E-state index in [9.17, 15) is 32.7 Å². The number of ether oxygens (including phenoxy) is 1. The van der Waals surface area contributed by atoms with Crippen LogP contribution in [-0.4, -0.2) is 54.3 Å². The minimum atomic E-state index is -4.04. The Morgan fingerprint density at radius 2 is 1.58 bits per heavy atom. The van der Waals surface area contributed by atoms with Gasteiger partial charge in [-0.15, -0.1) is 0 Å². The molecule has 2 amide bonds. The van der Waals surface area contributed by atoms with Gasteiger partial charge in [-0.25, -0.2) is 18.3 Å². The Balaban J connectivity index is 1.63. The van der Waals surface area contributed by atoms with E-state index in [1.807, 2.05) is 0 Å². The predicted molar refractivity (Wildman–Crippen MR) is 136 cm³/mol. The van der Waals surface area contributed by atoms with Crippen LogP contribution in [0.4, 0.5) is 4.39 Å². The standard InChI is InChI=1S/C27H27FN2O7S/c28-21-8-12-23(13-9-21)37-22-10-6-20(7-11-22)27(18-24(31)29-34)14-15-30(16-17-38(27,35)36)26(33)25(32)19-4-2-1-3-5-19/h1-13,25,32,34H,14-18H2,(H,29,31)/t25-,27?/m0/s1. The summed E-state index contributed by atoms with van der Waals surface area (Å²) in [6.45, 7) is -0.214. The number of nitrogens with one attached hydrogen (secondary N) is 1. The summed E-state index contributed by atoms with van der Waals surface area (Å²) in [4.78, 5) is 26.6. The molecule has 3 aromatic carbocycles. The average molecular weight is 543 g/mol. The number of carbonyl (C=O) groups is 2. The summed E-state index contributed by atoms with van der Waals surface area (Å²) >= 11 is 0. The number of sulfone groups is 1. The lowest BCUT2D eigenvalue weighted by molar-refractivity contribution is -0.140. The number of nitrogens with zero attached hydrogens (tertiary/aromatic N) is 1. The Hall–Kier alpha value is -3.80. The van der Waals surface area contributed by atoms with Gasteiger partial charge in [0.25, 0.3) is 5.91 Å². The molecule has 1 aliphatic rings. The number of rotatable bonds is 7. The molecule has 9 nitrogen and oxygen atoms in total. The van der Waals surface area contributed by atoms with E-state index in [-0.39, 0.29) is 25.1 Å². The fraction of sp³-hybridized carbons (Fsp3) is 0.259. The van der Waals surface area contributed by atoms with Crippen molar-refractivity contribution in [1.82, 2.24) is 10.4 Å². The van der Waals surface area contributed by atoms with Gasteiger partial charge >= 0.3 is 0 Å². The molecular formula is C27H27FN2O7S. The highest BCUT2D eigenvalue weighted by atomic mass is 32.2. The monoisotopic (exact) mass is 542 g/mol. The second-order valence-corrected chi connectivity index (χ2v) is 11.4. The predicted octanol–water partition coefficient (Wildman–Crippen LogP) is 3.09. The molecule has 2 atom stereocenters. The SMILES string of the molecule is O=C(CC1(c2ccc(Oc3ccc(F)cc3)cc2)CCN(C(=O)[C@@H](O)c2ccccc2)CCS1(=O)=O)NO. The summed E-state index contributed by atoms with van der Waals surface area (Å²) in [5.74, 6) is -1.68. The van der Waals surface area contributed by atoms with Crippen LogP contribution >= 0.6 is 0 Å². The quantitative estimate of drug-likeness (QED) is 0.309. The third-order valence-electron chi connectivity index (χ3n) is 6.67. The summed E-state index contributed by atoms with van der Waals surface area (Å²) in [7, 11) is -4.04. The van der Waals surface area contributed by atoms with Gasteiger partial charge in [0.05, 0.1) is 12.2 Å². The third kappa shape index (κ3) is 5.69. The van der Waals surface area contributed by atoms with Crippen molar-refractivity contribution in [2.24, 2.45) is 0 Å². The fourth-order valence-corrected chi connectivity index (χ4v) is 6.67. The van der Waals surface area contributed by atoms with Crippen LogP contribution in [0.3, 0.4) is 0 Å². The van der Waals surface area contributed by atoms with Gasteiger partial charge in [0.15, 0.2) is 15.9 Å². The molecule has 0 radical (unpaired) electrons. The first-order chi connectivity index (χ1) is 18.1. The maximum Gasteiger partial charge on any atom is 0.256 e. The maximum atomic E-state index is 13.7. The topological polar surface area (TPSA) is 133 Å². The van der Waals surface area contributed by atoms with E-state index >= 15 is 0 Å². The van der Waals surface area contributed by atoms with Crippen LogP contribution in [0, 0.1) is 5.82 Å². The third-order valence-corrected chi connectivity index (χ3v) is 9.17. The fourth-order valence-electron chi connectivity index (χ4n) is 4.57. The molecule has 4 rings (SSSR count). The summed E-state index contributed by atoms with van der Waals surface area (Å²) in [6.07, 6.45) is -2.18. The zero-order valence-electron chi connectivity index (χ0n) is 20.3. The Kier molecular flexibility index (Phi) is 8.10. The summed E-state index contributed by atoms with van der Waals surface area (Å²) < 4.78 is 44.4. The molecule has 38 heavy (non-hydrogen) atoms. The molecule has 0 spiro atoms. The van der Waals surface area contributed by atoms with Crippen LogP contribution in [-0.2, 0) is 24.2 Å². The van der Waals surface area contributed by atoms with E-state index in [1.54, 1.807) is 30.3 Å². The molecule has 1 aliphatic heterocycles. The maximum absolute atomic E-state index is 13.7. The average Bonchev–Trinajstić information content (AvgIpc) is 3.06.